The van der Waals surface area contributed by atoms with Crippen molar-refractivity contribution >= 4 is 43.6 Å². The Bertz CT molecular complexity index is 1350. The van der Waals surface area contributed by atoms with Crippen LogP contribution in [0.3, 0.4) is 0 Å². The molecule has 0 bridgehead atoms. The zero-order valence-electron chi connectivity index (χ0n) is 14.3. The molecular formula is C21H14N6. The molecule has 4 aromatic heterocycles. The summed E-state index contributed by atoms with van der Waals surface area (Å²) in [5.74, 6) is 1.76. The van der Waals surface area contributed by atoms with Gasteiger partial charge >= 0.3 is 0 Å². The van der Waals surface area contributed by atoms with Gasteiger partial charge in [0.2, 0.25) is 0 Å². The summed E-state index contributed by atoms with van der Waals surface area (Å²) in [5.41, 5.74) is 3.91. The Morgan fingerprint density at radius 2 is 1.15 bits per heavy atom. The Kier molecular flexibility index (Phi) is 2.85. The molecule has 0 aliphatic rings. The normalized spacial score (nSPS) is 11.9. The van der Waals surface area contributed by atoms with Crippen LogP contribution in [-0.4, -0.2) is 29.9 Å². The van der Waals surface area contributed by atoms with Crippen molar-refractivity contribution in [1.82, 2.24) is 29.9 Å². The molecule has 0 aliphatic heterocycles. The number of benzene rings is 2. The van der Waals surface area contributed by atoms with Crippen molar-refractivity contribution in [2.24, 2.45) is 0 Å². The molecule has 0 unspecified atom stereocenters. The minimum Gasteiger partial charge on any atom is -0.342 e. The largest absolute Gasteiger partial charge is 0.342 e. The van der Waals surface area contributed by atoms with Crippen LogP contribution < -0.4 is 0 Å². The number of aromatic amines is 2. The molecule has 2 N–H and O–H groups in total. The maximum Gasteiger partial charge on any atom is 0.114 e. The van der Waals surface area contributed by atoms with Gasteiger partial charge in [0.15, 0.2) is 0 Å². The first-order valence-electron chi connectivity index (χ1n) is 8.78. The molecular weight excluding hydrogens is 336 g/mol. The monoisotopic (exact) mass is 350 g/mol. The second kappa shape index (κ2) is 5.35. The third-order valence-electron chi connectivity index (χ3n) is 4.98. The fourth-order valence-electron chi connectivity index (χ4n) is 3.70. The molecule has 2 aromatic carbocycles. The van der Waals surface area contributed by atoms with Crippen LogP contribution in [0.1, 0.15) is 11.6 Å². The zero-order chi connectivity index (χ0) is 17.8. The van der Waals surface area contributed by atoms with E-state index in [2.05, 4.69) is 44.2 Å². The van der Waals surface area contributed by atoms with E-state index in [4.69, 9.17) is 9.97 Å². The van der Waals surface area contributed by atoms with E-state index < -0.39 is 0 Å². The Balaban J connectivity index is 1.47. The van der Waals surface area contributed by atoms with Gasteiger partial charge in [-0.1, -0.05) is 12.1 Å². The third kappa shape index (κ3) is 2.20. The van der Waals surface area contributed by atoms with Gasteiger partial charge in [-0.3, -0.25) is 9.97 Å². The van der Waals surface area contributed by atoms with Crippen molar-refractivity contribution in [1.29, 1.82) is 0 Å². The van der Waals surface area contributed by atoms with Crippen LogP contribution >= 0.6 is 0 Å². The minimum absolute atomic E-state index is 0.604. The molecule has 0 radical (unpaired) electrons. The number of hydrogen-bond acceptors (Lipinski definition) is 4. The molecule has 0 spiro atoms. The standard InChI is InChI=1S/C21H14N6/c1-3-16-20(14-10-22-7-5-12(1)14)26-18(24-16)9-19-25-17-4-2-13-6-8-23-11-15(13)21(17)27-19/h1-8,10-11H,9H2,(H,24,26)(H,25,27). The molecule has 6 heteroatoms. The van der Waals surface area contributed by atoms with Crippen molar-refractivity contribution < 1.29 is 0 Å². The highest BCUT2D eigenvalue weighted by molar-refractivity contribution is 6.04. The summed E-state index contributed by atoms with van der Waals surface area (Å²) in [6.07, 6.45) is 7.93. The summed E-state index contributed by atoms with van der Waals surface area (Å²) < 4.78 is 0. The molecule has 0 fully saturated rings. The Labute approximate surface area is 153 Å². The summed E-state index contributed by atoms with van der Waals surface area (Å²) in [7, 11) is 0. The van der Waals surface area contributed by atoms with Gasteiger partial charge in [0.1, 0.15) is 11.6 Å². The maximum atomic E-state index is 4.80. The average molecular weight is 350 g/mol. The second-order valence-electron chi connectivity index (χ2n) is 6.66. The first kappa shape index (κ1) is 14.4. The first-order valence-corrected chi connectivity index (χ1v) is 8.78. The van der Waals surface area contributed by atoms with Gasteiger partial charge in [-0.25, -0.2) is 9.97 Å². The number of imidazole rings is 2. The van der Waals surface area contributed by atoms with E-state index in [0.29, 0.717) is 6.42 Å². The molecule has 0 amide bonds. The van der Waals surface area contributed by atoms with Gasteiger partial charge in [-0.05, 0) is 35.0 Å². The highest BCUT2D eigenvalue weighted by Gasteiger charge is 2.11. The van der Waals surface area contributed by atoms with Gasteiger partial charge in [0.05, 0.1) is 28.5 Å². The molecule has 6 nitrogen and oxygen atoms in total. The minimum atomic E-state index is 0.604. The Hall–Kier alpha value is -3.80. The van der Waals surface area contributed by atoms with E-state index >= 15 is 0 Å². The van der Waals surface area contributed by atoms with Gasteiger partial charge in [-0.15, -0.1) is 0 Å². The highest BCUT2D eigenvalue weighted by atomic mass is 15.0. The summed E-state index contributed by atoms with van der Waals surface area (Å²) in [6, 6.07) is 12.3. The number of nitrogens with one attached hydrogen (secondary N) is 2. The van der Waals surface area contributed by atoms with E-state index in [1.807, 2.05) is 24.5 Å². The van der Waals surface area contributed by atoms with Crippen LogP contribution in [0.2, 0.25) is 0 Å². The first-order chi connectivity index (χ1) is 13.3. The van der Waals surface area contributed by atoms with E-state index in [9.17, 15) is 0 Å². The molecule has 128 valence electrons. The van der Waals surface area contributed by atoms with Gasteiger partial charge < -0.3 is 9.97 Å². The molecule has 0 saturated heterocycles. The van der Waals surface area contributed by atoms with Crippen molar-refractivity contribution in [2.75, 3.05) is 0 Å². The van der Waals surface area contributed by atoms with E-state index in [0.717, 1.165) is 55.3 Å². The number of hydrogen-bond donors (Lipinski definition) is 2. The number of aromatic nitrogens is 6. The second-order valence-corrected chi connectivity index (χ2v) is 6.66. The molecule has 6 aromatic rings. The van der Waals surface area contributed by atoms with E-state index in [1.54, 1.807) is 12.4 Å². The summed E-state index contributed by atoms with van der Waals surface area (Å²) in [5, 5.41) is 4.38. The fourth-order valence-corrected chi connectivity index (χ4v) is 3.70. The fraction of sp³-hybridized carbons (Fsp3) is 0.0476. The van der Waals surface area contributed by atoms with Gasteiger partial charge in [-0.2, -0.15) is 0 Å². The predicted octanol–water partition coefficient (Wildman–Crippen LogP) is 4.13. The lowest BCUT2D eigenvalue weighted by Crippen LogP contribution is -1.92. The summed E-state index contributed by atoms with van der Waals surface area (Å²) >= 11 is 0. The van der Waals surface area contributed by atoms with Gasteiger partial charge in [0.25, 0.3) is 0 Å². The number of fused-ring (bicyclic) bond motifs is 6. The summed E-state index contributed by atoms with van der Waals surface area (Å²) in [4.78, 5) is 24.9. The van der Waals surface area contributed by atoms with Crippen LogP contribution in [-0.2, 0) is 6.42 Å². The lowest BCUT2D eigenvalue weighted by Gasteiger charge is -1.95. The average Bonchev–Trinajstić information content (AvgIpc) is 3.31. The van der Waals surface area contributed by atoms with Crippen molar-refractivity contribution in [3.05, 3.63) is 72.8 Å². The van der Waals surface area contributed by atoms with Gasteiger partial charge in [0, 0.05) is 35.6 Å². The van der Waals surface area contributed by atoms with Crippen molar-refractivity contribution in [3.8, 4) is 0 Å². The van der Waals surface area contributed by atoms with Crippen molar-refractivity contribution in [2.45, 2.75) is 6.42 Å². The Morgan fingerprint density at radius 1 is 0.630 bits per heavy atom. The molecule has 0 saturated carbocycles. The lowest BCUT2D eigenvalue weighted by molar-refractivity contribution is 0.960. The number of nitrogens with zero attached hydrogens (tertiary/aromatic N) is 4. The highest BCUT2D eigenvalue weighted by Crippen LogP contribution is 2.25. The van der Waals surface area contributed by atoms with Crippen LogP contribution in [0.25, 0.3) is 43.6 Å². The topological polar surface area (TPSA) is 83.1 Å². The summed E-state index contributed by atoms with van der Waals surface area (Å²) in [6.45, 7) is 0. The smallest absolute Gasteiger partial charge is 0.114 e. The molecule has 0 aliphatic carbocycles. The predicted molar refractivity (Wildman–Crippen MR) is 106 cm³/mol. The number of H-pyrrole nitrogens is 2. The Morgan fingerprint density at radius 3 is 1.67 bits per heavy atom. The molecule has 6 rings (SSSR count). The number of pyridine rings is 2. The zero-order valence-corrected chi connectivity index (χ0v) is 14.3. The van der Waals surface area contributed by atoms with E-state index in [1.165, 1.54) is 0 Å². The third-order valence-corrected chi connectivity index (χ3v) is 4.98. The SMILES string of the molecule is c1cc2ccc3[nH]c(Cc4nc5c(ccc6ccncc65)[nH]4)nc3c2cn1. The van der Waals surface area contributed by atoms with Crippen LogP contribution in [0.4, 0.5) is 0 Å². The molecule has 4 heterocycles. The van der Waals surface area contributed by atoms with Crippen LogP contribution in [0, 0.1) is 0 Å². The van der Waals surface area contributed by atoms with E-state index in [-0.39, 0.29) is 0 Å². The van der Waals surface area contributed by atoms with Crippen molar-refractivity contribution in [3.63, 3.8) is 0 Å². The number of rotatable bonds is 2. The quantitative estimate of drug-likeness (QED) is 0.492. The molecule has 0 atom stereocenters. The van der Waals surface area contributed by atoms with Crippen LogP contribution in [0.5, 0.6) is 0 Å². The van der Waals surface area contributed by atoms with Crippen LogP contribution in [0.15, 0.2) is 61.2 Å². The maximum absolute atomic E-state index is 4.80. The lowest BCUT2D eigenvalue weighted by atomic mass is 10.1. The molecule has 27 heavy (non-hydrogen) atoms.